The zero-order chi connectivity index (χ0) is 16.5. The molecule has 5 heteroatoms. The molecule has 0 saturated carbocycles. The minimum Gasteiger partial charge on any atom is -0.450 e. The molecular weight excluding hydrogens is 300 g/mol. The fraction of sp³-hybridized carbons (Fsp3) is 0.158. The van der Waals surface area contributed by atoms with Gasteiger partial charge in [0.1, 0.15) is 17.4 Å². The Hall–Kier alpha value is -3.08. The van der Waals surface area contributed by atoms with Gasteiger partial charge in [-0.25, -0.2) is 9.97 Å². The number of rotatable bonds is 4. The summed E-state index contributed by atoms with van der Waals surface area (Å²) >= 11 is 0. The van der Waals surface area contributed by atoms with Gasteiger partial charge in [-0.05, 0) is 29.8 Å². The molecule has 0 amide bonds. The van der Waals surface area contributed by atoms with Crippen molar-refractivity contribution in [3.63, 3.8) is 0 Å². The molecule has 1 N–H and O–H groups in total. The van der Waals surface area contributed by atoms with Crippen LogP contribution in [0.5, 0.6) is 0 Å². The van der Waals surface area contributed by atoms with E-state index in [1.165, 1.54) is 11.3 Å². The van der Waals surface area contributed by atoms with Crippen molar-refractivity contribution >= 4 is 33.6 Å². The van der Waals surface area contributed by atoms with E-state index in [2.05, 4.69) is 44.5 Å². The summed E-state index contributed by atoms with van der Waals surface area (Å²) in [5, 5.41) is 4.37. The molecule has 0 saturated heterocycles. The molecule has 0 fully saturated rings. The van der Waals surface area contributed by atoms with Crippen molar-refractivity contribution in [1.82, 2.24) is 9.97 Å². The minimum absolute atomic E-state index is 0.671. The molecule has 0 unspecified atom stereocenters. The Labute approximate surface area is 139 Å². The van der Waals surface area contributed by atoms with Crippen LogP contribution in [0.2, 0.25) is 0 Å². The number of aromatic nitrogens is 2. The van der Waals surface area contributed by atoms with E-state index in [4.69, 9.17) is 4.42 Å². The molecule has 120 valence electrons. The predicted molar refractivity (Wildman–Crippen MR) is 97.4 cm³/mol. The van der Waals surface area contributed by atoms with Gasteiger partial charge in [0.25, 0.3) is 0 Å². The molecule has 2 heterocycles. The highest BCUT2D eigenvalue weighted by Gasteiger charge is 2.12. The van der Waals surface area contributed by atoms with Crippen molar-refractivity contribution in [2.75, 3.05) is 24.3 Å². The summed E-state index contributed by atoms with van der Waals surface area (Å²) < 4.78 is 5.94. The highest BCUT2D eigenvalue weighted by molar-refractivity contribution is 6.05. The van der Waals surface area contributed by atoms with E-state index in [0.29, 0.717) is 17.9 Å². The minimum atomic E-state index is 0.671. The van der Waals surface area contributed by atoms with Crippen LogP contribution in [0.25, 0.3) is 22.1 Å². The van der Waals surface area contributed by atoms with Gasteiger partial charge in [-0.2, -0.15) is 0 Å². The molecule has 4 aromatic rings. The van der Waals surface area contributed by atoms with Crippen molar-refractivity contribution < 1.29 is 4.42 Å². The maximum Gasteiger partial charge on any atom is 0.196 e. The summed E-state index contributed by atoms with van der Waals surface area (Å²) in [6, 6.07) is 16.3. The zero-order valence-corrected chi connectivity index (χ0v) is 13.7. The van der Waals surface area contributed by atoms with Gasteiger partial charge in [0.2, 0.25) is 0 Å². The van der Waals surface area contributed by atoms with Crippen molar-refractivity contribution in [2.24, 2.45) is 0 Å². The fourth-order valence-electron chi connectivity index (χ4n) is 2.78. The lowest BCUT2D eigenvalue weighted by Crippen LogP contribution is -2.09. The maximum absolute atomic E-state index is 5.94. The number of hydrogen-bond acceptors (Lipinski definition) is 5. The van der Waals surface area contributed by atoms with Crippen LogP contribution < -0.4 is 10.2 Å². The number of para-hydroxylation sites is 1. The molecule has 0 bridgehead atoms. The number of nitrogens with zero attached hydrogens (tertiary/aromatic N) is 3. The molecule has 0 spiro atoms. The summed E-state index contributed by atoms with van der Waals surface area (Å²) in [7, 11) is 4.07. The Kier molecular flexibility index (Phi) is 3.54. The number of benzene rings is 2. The first-order valence-corrected chi connectivity index (χ1v) is 7.85. The molecular formula is C19H18N4O. The summed E-state index contributed by atoms with van der Waals surface area (Å²) in [4.78, 5) is 10.8. The van der Waals surface area contributed by atoms with Gasteiger partial charge < -0.3 is 14.6 Å². The highest BCUT2D eigenvalue weighted by Crippen LogP contribution is 2.30. The van der Waals surface area contributed by atoms with Crippen LogP contribution in [-0.4, -0.2) is 24.1 Å². The highest BCUT2D eigenvalue weighted by atomic mass is 16.3. The van der Waals surface area contributed by atoms with Gasteiger partial charge in [-0.15, -0.1) is 0 Å². The Balaban J connectivity index is 1.66. The third kappa shape index (κ3) is 2.54. The van der Waals surface area contributed by atoms with Gasteiger partial charge >= 0.3 is 0 Å². The molecule has 24 heavy (non-hydrogen) atoms. The second kappa shape index (κ2) is 5.85. The number of furan rings is 1. The molecule has 0 aliphatic heterocycles. The van der Waals surface area contributed by atoms with Gasteiger partial charge in [-0.1, -0.05) is 24.3 Å². The lowest BCUT2D eigenvalue weighted by molar-refractivity contribution is 0.666. The van der Waals surface area contributed by atoms with Crippen LogP contribution in [0.1, 0.15) is 5.56 Å². The van der Waals surface area contributed by atoms with Crippen molar-refractivity contribution in [2.45, 2.75) is 6.54 Å². The van der Waals surface area contributed by atoms with Gasteiger partial charge in [0.15, 0.2) is 11.4 Å². The van der Waals surface area contributed by atoms with Gasteiger partial charge in [0.05, 0.1) is 0 Å². The molecule has 0 aliphatic rings. The first-order valence-electron chi connectivity index (χ1n) is 7.85. The molecule has 0 atom stereocenters. The third-order valence-electron chi connectivity index (χ3n) is 4.04. The number of nitrogens with one attached hydrogen (secondary N) is 1. The smallest absolute Gasteiger partial charge is 0.196 e. The molecule has 4 rings (SSSR count). The molecule has 2 aromatic heterocycles. The van der Waals surface area contributed by atoms with E-state index in [1.807, 2.05) is 38.4 Å². The van der Waals surface area contributed by atoms with E-state index in [9.17, 15) is 0 Å². The number of hydrogen-bond donors (Lipinski definition) is 1. The van der Waals surface area contributed by atoms with E-state index in [1.54, 1.807) is 6.33 Å². The van der Waals surface area contributed by atoms with Crippen molar-refractivity contribution in [3.8, 4) is 0 Å². The third-order valence-corrected chi connectivity index (χ3v) is 4.04. The van der Waals surface area contributed by atoms with Gasteiger partial charge in [-0.3, -0.25) is 0 Å². The topological polar surface area (TPSA) is 54.2 Å². The van der Waals surface area contributed by atoms with E-state index in [0.717, 1.165) is 16.5 Å². The van der Waals surface area contributed by atoms with E-state index >= 15 is 0 Å². The summed E-state index contributed by atoms with van der Waals surface area (Å²) in [5.74, 6) is 0.714. The van der Waals surface area contributed by atoms with Crippen LogP contribution in [0.4, 0.5) is 11.5 Å². The SMILES string of the molecule is CN(C)c1cccc(CNc2ncnc3c2oc2ccccc23)c1. The van der Waals surface area contributed by atoms with Crippen LogP contribution >= 0.6 is 0 Å². The standard InChI is InChI=1S/C19H18N4O/c1-23(2)14-7-5-6-13(10-14)11-20-19-18-17(21-12-22-19)15-8-3-4-9-16(15)24-18/h3-10,12H,11H2,1-2H3,(H,20,21,22). The lowest BCUT2D eigenvalue weighted by Gasteiger charge is -2.14. The molecule has 0 aliphatic carbocycles. The second-order valence-corrected chi connectivity index (χ2v) is 5.92. The lowest BCUT2D eigenvalue weighted by atomic mass is 10.2. The summed E-state index contributed by atoms with van der Waals surface area (Å²) in [6.07, 6.45) is 1.57. The van der Waals surface area contributed by atoms with Crippen LogP contribution in [0, 0.1) is 0 Å². The van der Waals surface area contributed by atoms with Crippen LogP contribution in [0.15, 0.2) is 59.3 Å². The zero-order valence-electron chi connectivity index (χ0n) is 13.7. The van der Waals surface area contributed by atoms with Gasteiger partial charge in [0, 0.05) is 31.7 Å². The second-order valence-electron chi connectivity index (χ2n) is 5.92. The molecule has 0 radical (unpaired) electrons. The van der Waals surface area contributed by atoms with E-state index < -0.39 is 0 Å². The van der Waals surface area contributed by atoms with Crippen LogP contribution in [-0.2, 0) is 6.54 Å². The fourth-order valence-corrected chi connectivity index (χ4v) is 2.78. The Morgan fingerprint density at radius 2 is 1.92 bits per heavy atom. The Bertz CT molecular complexity index is 1010. The Morgan fingerprint density at radius 3 is 2.79 bits per heavy atom. The maximum atomic E-state index is 5.94. The van der Waals surface area contributed by atoms with Crippen molar-refractivity contribution in [1.29, 1.82) is 0 Å². The first-order chi connectivity index (χ1) is 11.7. The van der Waals surface area contributed by atoms with E-state index in [-0.39, 0.29) is 0 Å². The van der Waals surface area contributed by atoms with Crippen LogP contribution in [0.3, 0.4) is 0 Å². The summed E-state index contributed by atoms with van der Waals surface area (Å²) in [5.41, 5.74) is 4.72. The summed E-state index contributed by atoms with van der Waals surface area (Å²) in [6.45, 7) is 0.671. The number of anilines is 2. The predicted octanol–water partition coefficient (Wildman–Crippen LogP) is 4.05. The number of fused-ring (bicyclic) bond motifs is 3. The first kappa shape index (κ1) is 14.5. The normalized spacial score (nSPS) is 11.1. The monoisotopic (exact) mass is 318 g/mol. The van der Waals surface area contributed by atoms with Crippen molar-refractivity contribution in [3.05, 3.63) is 60.4 Å². The largest absolute Gasteiger partial charge is 0.450 e. The Morgan fingerprint density at radius 1 is 1.04 bits per heavy atom. The average molecular weight is 318 g/mol. The molecule has 5 nitrogen and oxygen atoms in total. The quantitative estimate of drug-likeness (QED) is 0.615. The average Bonchev–Trinajstić information content (AvgIpc) is 2.99. The molecule has 2 aromatic carbocycles.